The monoisotopic (exact) mass is 388 g/mol. The van der Waals surface area contributed by atoms with Crippen LogP contribution in [-0.4, -0.2) is 27.4 Å². The van der Waals surface area contributed by atoms with Crippen LogP contribution in [0.4, 0.5) is 5.69 Å². The minimum absolute atomic E-state index is 0.171. The fourth-order valence-electron chi connectivity index (χ4n) is 2.62. The van der Waals surface area contributed by atoms with Gasteiger partial charge in [-0.1, -0.05) is 43.7 Å². The number of rotatable bonds is 8. The SMILES string of the molecule is Cc1ccc(S(=O)(=O)N(CC(=O)NCCC(C)C)c2cccc(C)c2)cc1. The third-order valence-electron chi connectivity index (χ3n) is 4.23. The van der Waals surface area contributed by atoms with Gasteiger partial charge in [0.2, 0.25) is 5.91 Å². The second-order valence-corrected chi connectivity index (χ2v) is 9.06. The quantitative estimate of drug-likeness (QED) is 0.750. The van der Waals surface area contributed by atoms with Crippen molar-refractivity contribution in [3.8, 4) is 0 Å². The molecule has 2 aromatic carbocycles. The van der Waals surface area contributed by atoms with Crippen LogP contribution in [0.3, 0.4) is 0 Å². The normalized spacial score (nSPS) is 11.4. The number of benzene rings is 2. The van der Waals surface area contributed by atoms with E-state index in [-0.39, 0.29) is 17.3 Å². The van der Waals surface area contributed by atoms with Gasteiger partial charge >= 0.3 is 0 Å². The van der Waals surface area contributed by atoms with Crippen LogP contribution in [0.1, 0.15) is 31.4 Å². The van der Waals surface area contributed by atoms with Crippen molar-refractivity contribution < 1.29 is 13.2 Å². The van der Waals surface area contributed by atoms with Gasteiger partial charge in [-0.05, 0) is 56.0 Å². The smallest absolute Gasteiger partial charge is 0.264 e. The Kier molecular flexibility index (Phi) is 7.02. The molecule has 0 unspecified atom stereocenters. The minimum atomic E-state index is -3.85. The zero-order chi connectivity index (χ0) is 20.0. The molecule has 0 aliphatic heterocycles. The Hall–Kier alpha value is -2.34. The number of carbonyl (C=O) groups excluding carboxylic acids is 1. The molecule has 0 bridgehead atoms. The summed E-state index contributed by atoms with van der Waals surface area (Å²) in [4.78, 5) is 12.6. The minimum Gasteiger partial charge on any atom is -0.355 e. The summed E-state index contributed by atoms with van der Waals surface area (Å²) in [6, 6.07) is 13.8. The van der Waals surface area contributed by atoms with Gasteiger partial charge in [0.15, 0.2) is 0 Å². The molecule has 146 valence electrons. The maximum absolute atomic E-state index is 13.2. The lowest BCUT2D eigenvalue weighted by Crippen LogP contribution is -2.41. The molecule has 6 heteroatoms. The summed E-state index contributed by atoms with van der Waals surface area (Å²) in [5, 5.41) is 2.82. The number of aryl methyl sites for hydroxylation is 2. The molecule has 0 aliphatic rings. The summed E-state index contributed by atoms with van der Waals surface area (Å²) in [6.45, 7) is 8.22. The van der Waals surface area contributed by atoms with Crippen molar-refractivity contribution in [1.29, 1.82) is 0 Å². The molecule has 0 aliphatic carbocycles. The van der Waals surface area contributed by atoms with Crippen LogP contribution in [0.2, 0.25) is 0 Å². The number of sulfonamides is 1. The number of hydrogen-bond donors (Lipinski definition) is 1. The molecule has 27 heavy (non-hydrogen) atoms. The number of amides is 1. The summed E-state index contributed by atoms with van der Waals surface area (Å²) < 4.78 is 27.6. The number of hydrogen-bond acceptors (Lipinski definition) is 3. The van der Waals surface area contributed by atoms with Crippen LogP contribution in [0.25, 0.3) is 0 Å². The van der Waals surface area contributed by atoms with Crippen molar-refractivity contribution >= 4 is 21.6 Å². The van der Waals surface area contributed by atoms with E-state index in [9.17, 15) is 13.2 Å². The van der Waals surface area contributed by atoms with E-state index >= 15 is 0 Å². The van der Waals surface area contributed by atoms with Gasteiger partial charge in [-0.3, -0.25) is 9.10 Å². The Balaban J connectivity index is 2.32. The van der Waals surface area contributed by atoms with Crippen LogP contribution >= 0.6 is 0 Å². The fraction of sp³-hybridized carbons (Fsp3) is 0.381. The standard InChI is InChI=1S/C21H28N2O3S/c1-16(2)12-13-22-21(24)15-23(19-7-5-6-18(4)14-19)27(25,26)20-10-8-17(3)9-11-20/h5-11,14,16H,12-13,15H2,1-4H3,(H,22,24). The van der Waals surface area contributed by atoms with E-state index in [2.05, 4.69) is 19.2 Å². The number of anilines is 1. The van der Waals surface area contributed by atoms with Crippen molar-refractivity contribution in [2.75, 3.05) is 17.4 Å². The lowest BCUT2D eigenvalue weighted by Gasteiger charge is -2.24. The summed E-state index contributed by atoms with van der Waals surface area (Å²) in [5.41, 5.74) is 2.38. The van der Waals surface area contributed by atoms with Gasteiger partial charge in [0.05, 0.1) is 10.6 Å². The van der Waals surface area contributed by atoms with Crippen molar-refractivity contribution in [3.63, 3.8) is 0 Å². The van der Waals surface area contributed by atoms with E-state index in [1.165, 1.54) is 4.31 Å². The van der Waals surface area contributed by atoms with Crippen molar-refractivity contribution in [1.82, 2.24) is 5.32 Å². The lowest BCUT2D eigenvalue weighted by atomic mass is 10.1. The van der Waals surface area contributed by atoms with E-state index in [1.54, 1.807) is 42.5 Å². The highest BCUT2D eigenvalue weighted by Gasteiger charge is 2.27. The fourth-order valence-corrected chi connectivity index (χ4v) is 4.04. The molecule has 0 heterocycles. The van der Waals surface area contributed by atoms with E-state index in [0.29, 0.717) is 18.2 Å². The third kappa shape index (κ3) is 5.82. The van der Waals surface area contributed by atoms with Crippen LogP contribution in [0.15, 0.2) is 53.4 Å². The first-order valence-corrected chi connectivity index (χ1v) is 10.6. The van der Waals surface area contributed by atoms with Gasteiger partial charge in [-0.2, -0.15) is 0 Å². The van der Waals surface area contributed by atoms with Gasteiger partial charge in [0, 0.05) is 6.54 Å². The maximum atomic E-state index is 13.2. The van der Waals surface area contributed by atoms with Crippen molar-refractivity contribution in [3.05, 3.63) is 59.7 Å². The first-order valence-electron chi connectivity index (χ1n) is 9.13. The zero-order valence-electron chi connectivity index (χ0n) is 16.4. The lowest BCUT2D eigenvalue weighted by molar-refractivity contribution is -0.119. The van der Waals surface area contributed by atoms with Gasteiger partial charge in [-0.25, -0.2) is 8.42 Å². The summed E-state index contributed by atoms with van der Waals surface area (Å²) in [5.74, 6) is 0.155. The average Bonchev–Trinajstić information content (AvgIpc) is 2.59. The Morgan fingerprint density at radius 2 is 1.70 bits per heavy atom. The average molecular weight is 389 g/mol. The van der Waals surface area contributed by atoms with Gasteiger partial charge in [-0.15, -0.1) is 0 Å². The van der Waals surface area contributed by atoms with Gasteiger partial charge in [0.1, 0.15) is 6.54 Å². The second-order valence-electron chi connectivity index (χ2n) is 7.20. The Morgan fingerprint density at radius 3 is 2.30 bits per heavy atom. The van der Waals surface area contributed by atoms with E-state index < -0.39 is 10.0 Å². The zero-order valence-corrected chi connectivity index (χ0v) is 17.2. The third-order valence-corrected chi connectivity index (χ3v) is 6.02. The molecular formula is C21H28N2O3S. The molecule has 0 saturated heterocycles. The molecule has 0 fully saturated rings. The first kappa shape index (κ1) is 21.0. The Bertz CT molecular complexity index is 875. The molecule has 2 rings (SSSR count). The van der Waals surface area contributed by atoms with Crippen molar-refractivity contribution in [2.45, 2.75) is 39.0 Å². The molecule has 0 radical (unpaired) electrons. The van der Waals surface area contributed by atoms with Crippen LogP contribution < -0.4 is 9.62 Å². The summed E-state index contributed by atoms with van der Waals surface area (Å²) in [6.07, 6.45) is 0.848. The Labute approximate surface area is 162 Å². The molecular weight excluding hydrogens is 360 g/mol. The van der Waals surface area contributed by atoms with Crippen LogP contribution in [-0.2, 0) is 14.8 Å². The maximum Gasteiger partial charge on any atom is 0.264 e. The molecule has 5 nitrogen and oxygen atoms in total. The highest BCUT2D eigenvalue weighted by Crippen LogP contribution is 2.24. The van der Waals surface area contributed by atoms with E-state index in [0.717, 1.165) is 17.5 Å². The molecule has 2 aromatic rings. The molecule has 0 spiro atoms. The molecule has 0 aromatic heterocycles. The molecule has 0 atom stereocenters. The first-order chi connectivity index (χ1) is 12.7. The van der Waals surface area contributed by atoms with Crippen LogP contribution in [0.5, 0.6) is 0 Å². The Morgan fingerprint density at radius 1 is 1.04 bits per heavy atom. The molecule has 0 saturated carbocycles. The van der Waals surface area contributed by atoms with E-state index in [4.69, 9.17) is 0 Å². The summed E-state index contributed by atoms with van der Waals surface area (Å²) >= 11 is 0. The highest BCUT2D eigenvalue weighted by atomic mass is 32.2. The van der Waals surface area contributed by atoms with Gasteiger partial charge in [0.25, 0.3) is 10.0 Å². The van der Waals surface area contributed by atoms with Crippen molar-refractivity contribution in [2.24, 2.45) is 5.92 Å². The largest absolute Gasteiger partial charge is 0.355 e. The predicted octanol–water partition coefficient (Wildman–Crippen LogP) is 3.66. The van der Waals surface area contributed by atoms with E-state index in [1.807, 2.05) is 19.9 Å². The van der Waals surface area contributed by atoms with Crippen LogP contribution in [0, 0.1) is 19.8 Å². The molecule has 1 N–H and O–H groups in total. The highest BCUT2D eigenvalue weighted by molar-refractivity contribution is 7.92. The predicted molar refractivity (Wildman–Crippen MR) is 109 cm³/mol. The second kappa shape index (κ2) is 9.04. The summed E-state index contributed by atoms with van der Waals surface area (Å²) in [7, 11) is -3.85. The number of carbonyl (C=O) groups is 1. The number of nitrogens with zero attached hydrogens (tertiary/aromatic N) is 1. The van der Waals surface area contributed by atoms with Gasteiger partial charge < -0.3 is 5.32 Å². The number of nitrogens with one attached hydrogen (secondary N) is 1. The molecule has 1 amide bonds. The topological polar surface area (TPSA) is 66.5 Å².